The van der Waals surface area contributed by atoms with Crippen LogP contribution in [0.2, 0.25) is 0 Å². The molecular formula is C42H46N4+2. The van der Waals surface area contributed by atoms with Gasteiger partial charge in [0.15, 0.2) is 12.4 Å². The molecule has 0 radical (unpaired) electrons. The lowest BCUT2D eigenvalue weighted by atomic mass is 10.0. The van der Waals surface area contributed by atoms with Crippen molar-refractivity contribution >= 4 is 33.2 Å². The van der Waals surface area contributed by atoms with Crippen LogP contribution >= 0.6 is 0 Å². The molecule has 4 aliphatic heterocycles. The van der Waals surface area contributed by atoms with Crippen LogP contribution in [0.15, 0.2) is 122 Å². The number of benzene rings is 4. The van der Waals surface area contributed by atoms with Gasteiger partial charge in [-0.1, -0.05) is 98.5 Å². The predicted octanol–water partition coefficient (Wildman–Crippen LogP) is 9.59. The average molecular weight is 607 g/mol. The third-order valence-corrected chi connectivity index (χ3v) is 9.60. The Kier molecular flexibility index (Phi) is 9.51. The predicted molar refractivity (Wildman–Crippen MR) is 192 cm³/mol. The van der Waals surface area contributed by atoms with E-state index < -0.39 is 0 Å². The van der Waals surface area contributed by atoms with Gasteiger partial charge in [-0.25, -0.2) is 0 Å². The highest BCUT2D eigenvalue weighted by molar-refractivity contribution is 5.89. The van der Waals surface area contributed by atoms with Crippen molar-refractivity contribution < 1.29 is 9.13 Å². The molecule has 10 rings (SSSR count). The molecule has 0 fully saturated rings. The topological polar surface area (TPSA) is 31.8 Å². The molecule has 8 bridgehead atoms. The molecule has 46 heavy (non-hydrogen) atoms. The first-order valence-corrected chi connectivity index (χ1v) is 17.3. The first kappa shape index (κ1) is 30.0. The summed E-state index contributed by atoms with van der Waals surface area (Å²) in [7, 11) is 0. The van der Waals surface area contributed by atoms with Crippen LogP contribution in [0.1, 0.15) is 62.5 Å². The van der Waals surface area contributed by atoms with Gasteiger partial charge in [0.25, 0.3) is 0 Å². The molecule has 0 saturated carbocycles. The maximum atomic E-state index is 3.72. The quantitative estimate of drug-likeness (QED) is 0.169. The van der Waals surface area contributed by atoms with Crippen LogP contribution in [0.3, 0.4) is 0 Å². The molecule has 232 valence electrons. The van der Waals surface area contributed by atoms with E-state index in [4.69, 9.17) is 0 Å². The largest absolute Gasteiger partial charge is 0.380 e. The smallest absolute Gasteiger partial charge is 0.214 e. The second kappa shape index (κ2) is 14.6. The number of nitrogens with zero attached hydrogens (tertiary/aromatic N) is 2. The minimum absolute atomic E-state index is 0.799. The van der Waals surface area contributed by atoms with Crippen molar-refractivity contribution in [1.82, 2.24) is 0 Å². The molecule has 0 spiro atoms. The summed E-state index contributed by atoms with van der Waals surface area (Å²) in [5, 5.41) is 10.0. The Morgan fingerprint density at radius 3 is 1.22 bits per heavy atom. The van der Waals surface area contributed by atoms with Gasteiger partial charge in [-0.05, 0) is 47.2 Å². The van der Waals surface area contributed by atoms with Crippen LogP contribution in [0.25, 0.3) is 32.9 Å². The molecule has 4 aliphatic rings. The van der Waals surface area contributed by atoms with Crippen LogP contribution < -0.4 is 19.8 Å². The minimum Gasteiger partial charge on any atom is -0.380 e. The Hall–Kier alpha value is -4.70. The molecule has 0 atom stereocenters. The number of pyridine rings is 2. The number of fused-ring (bicyclic) bond motifs is 4. The van der Waals surface area contributed by atoms with Crippen LogP contribution in [-0.4, -0.2) is 0 Å². The number of para-hydroxylation sites is 2. The number of aromatic nitrogens is 2. The van der Waals surface area contributed by atoms with Crippen molar-refractivity contribution in [3.63, 3.8) is 0 Å². The highest BCUT2D eigenvalue weighted by Gasteiger charge is 2.14. The van der Waals surface area contributed by atoms with Crippen LogP contribution in [0, 0.1) is 0 Å². The van der Waals surface area contributed by atoms with E-state index in [0.29, 0.717) is 0 Å². The Morgan fingerprint density at radius 1 is 0.391 bits per heavy atom. The van der Waals surface area contributed by atoms with Gasteiger partial charge < -0.3 is 10.6 Å². The molecule has 6 heterocycles. The lowest BCUT2D eigenvalue weighted by Crippen LogP contribution is -2.34. The summed E-state index contributed by atoms with van der Waals surface area (Å²) in [5.41, 5.74) is 10.1. The average Bonchev–Trinajstić information content (AvgIpc) is 3.11. The Morgan fingerprint density at radius 2 is 0.783 bits per heavy atom. The van der Waals surface area contributed by atoms with Crippen molar-refractivity contribution in [1.29, 1.82) is 0 Å². The van der Waals surface area contributed by atoms with Crippen LogP contribution in [-0.2, 0) is 26.2 Å². The van der Waals surface area contributed by atoms with Gasteiger partial charge in [-0.15, -0.1) is 0 Å². The molecule has 6 aromatic rings. The zero-order valence-electron chi connectivity index (χ0n) is 26.9. The van der Waals surface area contributed by atoms with Gasteiger partial charge >= 0.3 is 0 Å². The number of hydrogen-bond acceptors (Lipinski definition) is 2. The van der Waals surface area contributed by atoms with Gasteiger partial charge in [0.05, 0.1) is 22.1 Å². The van der Waals surface area contributed by atoms with E-state index in [2.05, 4.69) is 141 Å². The minimum atomic E-state index is 0.799. The number of anilines is 2. The van der Waals surface area contributed by atoms with Crippen molar-refractivity contribution in [2.75, 3.05) is 10.6 Å². The first-order chi connectivity index (χ1) is 22.8. The third-order valence-electron chi connectivity index (χ3n) is 9.60. The summed E-state index contributed by atoms with van der Waals surface area (Å²) in [6, 6.07) is 40.1. The lowest BCUT2D eigenvalue weighted by molar-refractivity contribution is -0.672. The molecule has 0 aliphatic carbocycles. The zero-order valence-corrected chi connectivity index (χ0v) is 26.9. The highest BCUT2D eigenvalue weighted by Crippen LogP contribution is 2.25. The van der Waals surface area contributed by atoms with E-state index in [1.54, 1.807) is 0 Å². The number of rotatable bonds is 0. The van der Waals surface area contributed by atoms with E-state index in [1.807, 2.05) is 0 Å². The number of nitrogens with one attached hydrogen (secondary N) is 2. The number of hydrogen-bond donors (Lipinski definition) is 2. The van der Waals surface area contributed by atoms with E-state index in [-0.39, 0.29) is 0 Å². The van der Waals surface area contributed by atoms with Crippen molar-refractivity contribution in [2.24, 2.45) is 0 Å². The summed E-state index contributed by atoms with van der Waals surface area (Å²) in [6.45, 7) is 3.74. The maximum Gasteiger partial charge on any atom is 0.214 e. The van der Waals surface area contributed by atoms with Gasteiger partial charge in [0, 0.05) is 50.2 Å². The van der Waals surface area contributed by atoms with E-state index >= 15 is 0 Å². The molecule has 2 aromatic heterocycles. The van der Waals surface area contributed by atoms with E-state index in [0.717, 1.165) is 26.2 Å². The monoisotopic (exact) mass is 606 g/mol. The molecule has 4 nitrogen and oxygen atoms in total. The second-order valence-corrected chi connectivity index (χ2v) is 12.8. The van der Waals surface area contributed by atoms with E-state index in [1.165, 1.54) is 107 Å². The van der Waals surface area contributed by atoms with Gasteiger partial charge in [0.1, 0.15) is 13.1 Å². The summed E-state index contributed by atoms with van der Waals surface area (Å²) in [6.07, 6.45) is 14.9. The fourth-order valence-corrected chi connectivity index (χ4v) is 6.92. The normalized spacial score (nSPS) is 15.1. The summed E-state index contributed by atoms with van der Waals surface area (Å²) < 4.78 is 4.87. The summed E-state index contributed by atoms with van der Waals surface area (Å²) >= 11 is 0. The van der Waals surface area contributed by atoms with E-state index in [9.17, 15) is 0 Å². The van der Waals surface area contributed by atoms with Gasteiger partial charge in [-0.2, -0.15) is 9.13 Å². The SMILES string of the molecule is c1ccc2c(c1)c1cc[n+]2CCCCCCCCCC[n+]2ccc(c3ccccc32)NCc2ccc(cc2)-c2ccc(cc2)CN1. The molecule has 4 aromatic carbocycles. The lowest BCUT2D eigenvalue weighted by Gasteiger charge is -2.12. The van der Waals surface area contributed by atoms with Crippen molar-refractivity contribution in [3.8, 4) is 11.1 Å². The van der Waals surface area contributed by atoms with Crippen molar-refractivity contribution in [3.05, 3.63) is 133 Å². The highest BCUT2D eigenvalue weighted by atomic mass is 15.0. The third kappa shape index (κ3) is 7.07. The summed E-state index contributed by atoms with van der Waals surface area (Å²) in [4.78, 5) is 0. The number of aryl methyl sites for hydroxylation is 2. The first-order valence-electron chi connectivity index (χ1n) is 17.3. The molecule has 0 amide bonds. The van der Waals surface area contributed by atoms with Gasteiger partial charge in [-0.3, -0.25) is 0 Å². The molecular weight excluding hydrogens is 560 g/mol. The Balaban J connectivity index is 1.10. The fourth-order valence-electron chi connectivity index (χ4n) is 6.92. The molecule has 4 heteroatoms. The second-order valence-electron chi connectivity index (χ2n) is 12.8. The molecule has 0 unspecified atom stereocenters. The fraction of sp³-hybridized carbons (Fsp3) is 0.286. The Bertz CT molecular complexity index is 1750. The van der Waals surface area contributed by atoms with Crippen molar-refractivity contribution in [2.45, 2.75) is 77.5 Å². The summed E-state index contributed by atoms with van der Waals surface area (Å²) in [5.74, 6) is 0. The van der Waals surface area contributed by atoms with Crippen LogP contribution in [0.5, 0.6) is 0 Å². The standard InChI is InChI=1S/C42H44N4/c1-2-4-6-12-28-46-30-26-40(38-14-8-10-16-42(38)46)44-32-34-19-23-36(24-20-34)35-21-17-33(18-22-35)31-43-39-25-29-45(27-11-5-3-1)41-15-9-7-13-37(39)41/h7-10,13-26,29-30H,1-6,11-12,27-28,31-32H2/p+2. The van der Waals surface area contributed by atoms with Crippen LogP contribution in [0.4, 0.5) is 11.4 Å². The van der Waals surface area contributed by atoms with Gasteiger partial charge in [0.2, 0.25) is 11.0 Å². The molecule has 2 N–H and O–H groups in total. The zero-order chi connectivity index (χ0) is 31.0. The molecule has 0 saturated heterocycles. The Labute approximate surface area is 273 Å². The maximum absolute atomic E-state index is 3.72.